The van der Waals surface area contributed by atoms with Crippen molar-refractivity contribution < 1.29 is 9.59 Å². The zero-order chi connectivity index (χ0) is 24.8. The Morgan fingerprint density at radius 1 is 1.08 bits per heavy atom. The number of imidazole rings is 1. The van der Waals surface area contributed by atoms with E-state index in [-0.39, 0.29) is 30.2 Å². The number of Topliss-reactive ketones (excluding diaryl/α,β-unsaturated/α-hetero) is 1. The highest BCUT2D eigenvalue weighted by atomic mass is 16.2. The lowest BCUT2D eigenvalue weighted by Gasteiger charge is -2.33. The molecule has 3 aromatic heterocycles. The van der Waals surface area contributed by atoms with E-state index >= 15 is 0 Å². The molecule has 8 heteroatoms. The molecule has 2 unspecified atom stereocenters. The number of ketones is 1. The van der Waals surface area contributed by atoms with Crippen LogP contribution in [-0.4, -0.2) is 42.0 Å². The summed E-state index contributed by atoms with van der Waals surface area (Å²) in [5.74, 6) is 1.43. The van der Waals surface area contributed by atoms with Crippen LogP contribution in [-0.2, 0) is 11.2 Å². The molecule has 1 saturated carbocycles. The highest BCUT2D eigenvalue weighted by Crippen LogP contribution is 2.50. The van der Waals surface area contributed by atoms with E-state index in [0.29, 0.717) is 28.5 Å². The van der Waals surface area contributed by atoms with Gasteiger partial charge in [-0.1, -0.05) is 36.9 Å². The average Bonchev–Trinajstić information content (AvgIpc) is 3.63. The van der Waals surface area contributed by atoms with Crippen molar-refractivity contribution in [2.45, 2.75) is 37.8 Å². The summed E-state index contributed by atoms with van der Waals surface area (Å²) in [6, 6.07) is 13.0. The zero-order valence-corrected chi connectivity index (χ0v) is 19.7. The van der Waals surface area contributed by atoms with E-state index in [1.54, 1.807) is 12.4 Å². The second-order valence-electron chi connectivity index (χ2n) is 9.47. The van der Waals surface area contributed by atoms with Gasteiger partial charge in [0.2, 0.25) is 5.91 Å². The summed E-state index contributed by atoms with van der Waals surface area (Å²) in [6.07, 6.45) is 9.87. The first-order valence-electron chi connectivity index (χ1n) is 12.2. The first kappa shape index (κ1) is 22.2. The van der Waals surface area contributed by atoms with E-state index in [2.05, 4.69) is 16.5 Å². The summed E-state index contributed by atoms with van der Waals surface area (Å²) in [5.41, 5.74) is 9.90. The number of hydrogen-bond acceptors (Lipinski definition) is 6. The summed E-state index contributed by atoms with van der Waals surface area (Å²) in [4.78, 5) is 41.1. The lowest BCUT2D eigenvalue weighted by atomic mass is 9.97. The number of nitrogens with two attached hydrogens (primary N) is 1. The van der Waals surface area contributed by atoms with E-state index in [1.807, 2.05) is 58.0 Å². The first-order chi connectivity index (χ1) is 17.5. The van der Waals surface area contributed by atoms with Crippen LogP contribution in [0.3, 0.4) is 0 Å². The highest BCUT2D eigenvalue weighted by Gasteiger charge is 2.50. The molecule has 2 fully saturated rings. The molecule has 1 saturated heterocycles. The average molecular weight is 479 g/mol. The monoisotopic (exact) mass is 478 g/mol. The SMILES string of the molecule is C=CC(=O)N1C2CC[C@@H](C2)C1c1nc(-c2ccc(C(=O)Cc3ccccn3)cc2)c2c(N)nccn12. The smallest absolute Gasteiger partial charge is 0.246 e. The minimum absolute atomic E-state index is 0.00243. The molecular weight excluding hydrogens is 452 g/mol. The molecule has 1 aromatic carbocycles. The molecule has 1 aliphatic carbocycles. The maximum atomic E-state index is 12.8. The number of amides is 1. The van der Waals surface area contributed by atoms with Gasteiger partial charge >= 0.3 is 0 Å². The van der Waals surface area contributed by atoms with E-state index in [0.717, 1.165) is 36.3 Å². The number of anilines is 1. The number of pyridine rings is 1. The third-order valence-electron chi connectivity index (χ3n) is 7.44. The number of aromatic nitrogens is 4. The minimum Gasteiger partial charge on any atom is -0.382 e. The number of likely N-dealkylation sites (tertiary alicyclic amines) is 1. The number of carbonyl (C=O) groups excluding carboxylic acids is 2. The van der Waals surface area contributed by atoms with Crippen molar-refractivity contribution in [1.82, 2.24) is 24.3 Å². The van der Waals surface area contributed by atoms with Crippen LogP contribution < -0.4 is 5.73 Å². The normalized spacial score (nSPS) is 20.7. The third kappa shape index (κ3) is 3.57. The molecule has 180 valence electrons. The molecule has 6 rings (SSSR count). The fourth-order valence-electron chi connectivity index (χ4n) is 5.82. The van der Waals surface area contributed by atoms with Crippen molar-refractivity contribution in [2.75, 3.05) is 5.73 Å². The van der Waals surface area contributed by atoms with Crippen molar-refractivity contribution in [1.29, 1.82) is 0 Å². The molecule has 4 aromatic rings. The van der Waals surface area contributed by atoms with Crippen LogP contribution in [0.15, 0.2) is 73.7 Å². The molecular formula is C28H26N6O2. The Morgan fingerprint density at radius 3 is 2.67 bits per heavy atom. The number of hydrogen-bond donors (Lipinski definition) is 1. The van der Waals surface area contributed by atoms with Crippen LogP contribution in [0.2, 0.25) is 0 Å². The Hall–Kier alpha value is -4.33. The van der Waals surface area contributed by atoms with E-state index in [4.69, 9.17) is 10.7 Å². The van der Waals surface area contributed by atoms with Crippen molar-refractivity contribution in [2.24, 2.45) is 5.92 Å². The van der Waals surface area contributed by atoms with Gasteiger partial charge in [-0.05, 0) is 43.4 Å². The summed E-state index contributed by atoms with van der Waals surface area (Å²) in [7, 11) is 0. The van der Waals surface area contributed by atoms with Gasteiger partial charge in [-0.25, -0.2) is 9.97 Å². The van der Waals surface area contributed by atoms with Gasteiger partial charge in [0, 0.05) is 41.5 Å². The number of carbonyl (C=O) groups is 2. The van der Waals surface area contributed by atoms with Gasteiger partial charge in [0.15, 0.2) is 5.78 Å². The van der Waals surface area contributed by atoms with E-state index in [1.165, 1.54) is 6.08 Å². The summed E-state index contributed by atoms with van der Waals surface area (Å²) in [5, 5.41) is 0. The summed E-state index contributed by atoms with van der Waals surface area (Å²) in [6.45, 7) is 3.71. The molecule has 0 radical (unpaired) electrons. The van der Waals surface area contributed by atoms with Gasteiger partial charge in [-0.15, -0.1) is 0 Å². The molecule has 8 nitrogen and oxygen atoms in total. The molecule has 4 heterocycles. The number of rotatable bonds is 6. The van der Waals surface area contributed by atoms with Crippen LogP contribution in [0, 0.1) is 5.92 Å². The second-order valence-corrected chi connectivity index (χ2v) is 9.47. The largest absolute Gasteiger partial charge is 0.382 e. The zero-order valence-electron chi connectivity index (χ0n) is 19.7. The second kappa shape index (κ2) is 8.71. The number of piperidine rings is 1. The first-order valence-corrected chi connectivity index (χ1v) is 12.2. The Bertz CT molecular complexity index is 1480. The molecule has 2 N–H and O–H groups in total. The van der Waals surface area contributed by atoms with Gasteiger partial charge in [-0.3, -0.25) is 19.0 Å². The van der Waals surface area contributed by atoms with Gasteiger partial charge in [0.05, 0.1) is 12.5 Å². The fraction of sp³-hybridized carbons (Fsp3) is 0.250. The van der Waals surface area contributed by atoms with Crippen LogP contribution in [0.4, 0.5) is 5.82 Å². The molecule has 0 spiro atoms. The molecule has 1 aliphatic heterocycles. The van der Waals surface area contributed by atoms with Crippen molar-refractivity contribution >= 4 is 23.0 Å². The molecule has 3 atom stereocenters. The van der Waals surface area contributed by atoms with Gasteiger partial charge in [0.25, 0.3) is 0 Å². The number of benzene rings is 1. The highest BCUT2D eigenvalue weighted by molar-refractivity contribution is 5.98. The predicted octanol–water partition coefficient (Wildman–Crippen LogP) is 4.04. The van der Waals surface area contributed by atoms with Crippen LogP contribution in [0.25, 0.3) is 16.8 Å². The molecule has 36 heavy (non-hydrogen) atoms. The number of fused-ring (bicyclic) bond motifs is 3. The van der Waals surface area contributed by atoms with E-state index in [9.17, 15) is 9.59 Å². The van der Waals surface area contributed by atoms with Crippen molar-refractivity contribution in [3.63, 3.8) is 0 Å². The molecule has 2 aliphatic rings. The summed E-state index contributed by atoms with van der Waals surface area (Å²) >= 11 is 0. The van der Waals surface area contributed by atoms with Gasteiger partial charge in [0.1, 0.15) is 22.9 Å². The third-order valence-corrected chi connectivity index (χ3v) is 7.44. The Balaban J connectivity index is 1.39. The topological polar surface area (TPSA) is 106 Å². The van der Waals surface area contributed by atoms with Crippen LogP contribution in [0.1, 0.15) is 47.2 Å². The number of nitrogens with zero attached hydrogens (tertiary/aromatic N) is 5. The Kier molecular flexibility index (Phi) is 5.36. The minimum atomic E-state index is -0.142. The quantitative estimate of drug-likeness (QED) is 0.331. The van der Waals surface area contributed by atoms with Crippen molar-refractivity contribution in [3.8, 4) is 11.3 Å². The van der Waals surface area contributed by atoms with Crippen LogP contribution >= 0.6 is 0 Å². The van der Waals surface area contributed by atoms with Crippen molar-refractivity contribution in [3.05, 3.63) is 90.8 Å². The molecule has 1 amide bonds. The maximum absolute atomic E-state index is 12.8. The summed E-state index contributed by atoms with van der Waals surface area (Å²) < 4.78 is 1.96. The lowest BCUT2D eigenvalue weighted by molar-refractivity contribution is -0.130. The standard InChI is InChI=1S/C28H26N6O2/c1-2-23(36)34-21-11-10-19(15-21)25(34)28-32-24(26-27(29)31-13-14-33(26)28)18-8-6-17(7-9-18)22(35)16-20-5-3-4-12-30-20/h2-9,12-14,19,21,25H,1,10-11,15-16H2,(H2,29,31)/t19-,21?,25?/m0/s1. The Morgan fingerprint density at radius 2 is 1.92 bits per heavy atom. The van der Waals surface area contributed by atoms with E-state index < -0.39 is 0 Å². The van der Waals surface area contributed by atoms with Gasteiger partial charge in [-0.2, -0.15) is 0 Å². The fourth-order valence-corrected chi connectivity index (χ4v) is 5.82. The van der Waals surface area contributed by atoms with Crippen LogP contribution in [0.5, 0.6) is 0 Å². The Labute approximate surface area is 208 Å². The predicted molar refractivity (Wildman–Crippen MR) is 136 cm³/mol. The maximum Gasteiger partial charge on any atom is 0.246 e. The molecule has 2 bridgehead atoms. The van der Waals surface area contributed by atoms with Gasteiger partial charge < -0.3 is 10.6 Å². The lowest BCUT2D eigenvalue weighted by Crippen LogP contribution is -2.39. The number of nitrogen functional groups attached to an aromatic ring is 1.